The highest BCUT2D eigenvalue weighted by Crippen LogP contribution is 2.31. The fourth-order valence-corrected chi connectivity index (χ4v) is 2.39. The summed E-state index contributed by atoms with van der Waals surface area (Å²) >= 11 is 11.1. The first-order valence-corrected chi connectivity index (χ1v) is 7.95. The van der Waals surface area contributed by atoms with Gasteiger partial charge in [-0.15, -0.1) is 23.2 Å². The van der Waals surface area contributed by atoms with E-state index in [2.05, 4.69) is 5.32 Å². The Morgan fingerprint density at radius 3 is 2.10 bits per heavy atom. The van der Waals surface area contributed by atoms with E-state index < -0.39 is 17.6 Å². The largest absolute Gasteiger partial charge is 0.464 e. The zero-order valence-corrected chi connectivity index (χ0v) is 13.0. The van der Waals surface area contributed by atoms with Crippen LogP contribution in [0.15, 0.2) is 0 Å². The number of alkyl carbamates (subject to hydrolysis) is 1. The molecule has 0 radical (unpaired) electrons. The SMILES string of the molecule is O=C(NC1(C(=O)OCCCCl)CCCC1)OCCCCl. The van der Waals surface area contributed by atoms with E-state index in [0.29, 0.717) is 37.4 Å². The predicted molar refractivity (Wildman–Crippen MR) is 77.3 cm³/mol. The molecule has 5 nitrogen and oxygen atoms in total. The minimum atomic E-state index is -0.940. The number of hydrogen-bond acceptors (Lipinski definition) is 4. The molecule has 0 aromatic carbocycles. The molecule has 1 saturated carbocycles. The number of halogens is 2. The number of ether oxygens (including phenoxy) is 2. The van der Waals surface area contributed by atoms with Gasteiger partial charge in [0, 0.05) is 11.8 Å². The van der Waals surface area contributed by atoms with Crippen LogP contribution in [0, 0.1) is 0 Å². The molecule has 0 atom stereocenters. The maximum atomic E-state index is 12.2. The van der Waals surface area contributed by atoms with Gasteiger partial charge in [-0.3, -0.25) is 0 Å². The van der Waals surface area contributed by atoms with Crippen molar-refractivity contribution < 1.29 is 19.1 Å². The molecule has 0 heterocycles. The number of amides is 1. The van der Waals surface area contributed by atoms with Crippen molar-refractivity contribution in [3.8, 4) is 0 Å². The highest BCUT2D eigenvalue weighted by molar-refractivity contribution is 6.18. The number of esters is 1. The Labute approximate surface area is 129 Å². The average Bonchev–Trinajstić information content (AvgIpc) is 2.89. The van der Waals surface area contributed by atoms with Crippen LogP contribution in [0.2, 0.25) is 0 Å². The fraction of sp³-hybridized carbons (Fsp3) is 0.846. The van der Waals surface area contributed by atoms with Gasteiger partial charge in [0.2, 0.25) is 0 Å². The lowest BCUT2D eigenvalue weighted by Gasteiger charge is -2.27. The van der Waals surface area contributed by atoms with Crippen LogP contribution in [0.1, 0.15) is 38.5 Å². The number of alkyl halides is 2. The molecule has 1 aliphatic carbocycles. The third-order valence-electron chi connectivity index (χ3n) is 3.21. The third-order valence-corrected chi connectivity index (χ3v) is 3.75. The van der Waals surface area contributed by atoms with Crippen molar-refractivity contribution in [3.05, 3.63) is 0 Å². The predicted octanol–water partition coefficient (Wildman–Crippen LogP) is 2.83. The van der Waals surface area contributed by atoms with Gasteiger partial charge in [0.1, 0.15) is 5.54 Å². The molecule has 0 aliphatic heterocycles. The molecule has 1 rings (SSSR count). The summed E-state index contributed by atoms with van der Waals surface area (Å²) in [6.07, 6.45) is 3.52. The summed E-state index contributed by atoms with van der Waals surface area (Å²) in [5.41, 5.74) is -0.940. The van der Waals surface area contributed by atoms with Gasteiger partial charge in [-0.1, -0.05) is 12.8 Å². The Bertz CT molecular complexity index is 319. The first kappa shape index (κ1) is 17.4. The standard InChI is InChI=1S/C13H21Cl2NO4/c14-7-3-9-19-11(17)13(5-1-2-6-13)16-12(18)20-10-4-8-15/h1-10H2,(H,16,18). The summed E-state index contributed by atoms with van der Waals surface area (Å²) in [5, 5.41) is 2.67. The van der Waals surface area contributed by atoms with Crippen molar-refractivity contribution in [3.63, 3.8) is 0 Å². The van der Waals surface area contributed by atoms with Gasteiger partial charge < -0.3 is 14.8 Å². The Balaban J connectivity index is 2.49. The number of hydrogen-bond donors (Lipinski definition) is 1. The molecule has 1 amide bonds. The smallest absolute Gasteiger partial charge is 0.408 e. The molecule has 20 heavy (non-hydrogen) atoms. The fourth-order valence-electron chi connectivity index (χ4n) is 2.17. The van der Waals surface area contributed by atoms with Crippen LogP contribution in [0.5, 0.6) is 0 Å². The maximum absolute atomic E-state index is 12.2. The third kappa shape index (κ3) is 5.37. The van der Waals surface area contributed by atoms with E-state index in [-0.39, 0.29) is 13.2 Å². The molecular weight excluding hydrogens is 305 g/mol. The molecule has 1 N–H and O–H groups in total. The van der Waals surface area contributed by atoms with Crippen LogP contribution in [0.3, 0.4) is 0 Å². The molecule has 116 valence electrons. The number of rotatable bonds is 8. The van der Waals surface area contributed by atoms with E-state index in [1.54, 1.807) is 0 Å². The van der Waals surface area contributed by atoms with Crippen molar-refractivity contribution >= 4 is 35.3 Å². The summed E-state index contributed by atoms with van der Waals surface area (Å²) < 4.78 is 10.2. The van der Waals surface area contributed by atoms with Crippen molar-refractivity contribution in [2.45, 2.75) is 44.1 Å². The highest BCUT2D eigenvalue weighted by atomic mass is 35.5. The van der Waals surface area contributed by atoms with E-state index in [0.717, 1.165) is 12.8 Å². The van der Waals surface area contributed by atoms with Gasteiger partial charge in [-0.25, -0.2) is 9.59 Å². The van der Waals surface area contributed by atoms with Gasteiger partial charge in [0.05, 0.1) is 13.2 Å². The Kier molecular flexibility index (Phi) is 8.07. The molecule has 1 fully saturated rings. The van der Waals surface area contributed by atoms with Gasteiger partial charge in [-0.05, 0) is 25.7 Å². The average molecular weight is 326 g/mol. The van der Waals surface area contributed by atoms with Gasteiger partial charge in [-0.2, -0.15) is 0 Å². The summed E-state index contributed by atoms with van der Waals surface area (Å²) in [6, 6.07) is 0. The topological polar surface area (TPSA) is 64.6 Å². The second-order valence-corrected chi connectivity index (χ2v) is 5.53. The van der Waals surface area contributed by atoms with Crippen LogP contribution in [-0.4, -0.2) is 42.6 Å². The minimum Gasteiger partial charge on any atom is -0.464 e. The van der Waals surface area contributed by atoms with Crippen LogP contribution in [0.4, 0.5) is 4.79 Å². The van der Waals surface area contributed by atoms with Crippen LogP contribution in [-0.2, 0) is 14.3 Å². The van der Waals surface area contributed by atoms with Crippen molar-refractivity contribution in [2.75, 3.05) is 25.0 Å². The number of nitrogens with one attached hydrogen (secondary N) is 1. The van der Waals surface area contributed by atoms with Crippen LogP contribution < -0.4 is 5.32 Å². The number of carbonyl (C=O) groups excluding carboxylic acids is 2. The van der Waals surface area contributed by atoms with E-state index in [4.69, 9.17) is 32.7 Å². The normalized spacial score (nSPS) is 16.7. The lowest BCUT2D eigenvalue weighted by Crippen LogP contribution is -2.53. The van der Waals surface area contributed by atoms with Gasteiger partial charge in [0.25, 0.3) is 0 Å². The zero-order valence-electron chi connectivity index (χ0n) is 11.5. The first-order valence-electron chi connectivity index (χ1n) is 6.89. The molecule has 7 heteroatoms. The van der Waals surface area contributed by atoms with Crippen molar-refractivity contribution in [1.82, 2.24) is 5.32 Å². The Morgan fingerprint density at radius 1 is 1.00 bits per heavy atom. The second-order valence-electron chi connectivity index (χ2n) is 4.77. The van der Waals surface area contributed by atoms with E-state index >= 15 is 0 Å². The maximum Gasteiger partial charge on any atom is 0.408 e. The molecule has 0 aromatic rings. The molecule has 0 bridgehead atoms. The van der Waals surface area contributed by atoms with Crippen molar-refractivity contribution in [2.24, 2.45) is 0 Å². The van der Waals surface area contributed by atoms with Gasteiger partial charge >= 0.3 is 12.1 Å². The summed E-state index contributed by atoms with van der Waals surface area (Å²) in [5.74, 6) is 0.474. The summed E-state index contributed by atoms with van der Waals surface area (Å²) in [6.45, 7) is 0.514. The second kappa shape index (κ2) is 9.29. The van der Waals surface area contributed by atoms with Crippen LogP contribution in [0.25, 0.3) is 0 Å². The molecule has 1 aliphatic rings. The number of carbonyl (C=O) groups is 2. The lowest BCUT2D eigenvalue weighted by atomic mass is 9.98. The summed E-state index contributed by atoms with van der Waals surface area (Å²) in [4.78, 5) is 23.9. The molecule has 0 saturated heterocycles. The molecule has 0 spiro atoms. The summed E-state index contributed by atoms with van der Waals surface area (Å²) in [7, 11) is 0. The van der Waals surface area contributed by atoms with E-state index in [1.807, 2.05) is 0 Å². The Morgan fingerprint density at radius 2 is 1.55 bits per heavy atom. The Hall–Kier alpha value is -0.680. The minimum absolute atomic E-state index is 0.243. The van der Waals surface area contributed by atoms with Crippen LogP contribution >= 0.6 is 23.2 Å². The quantitative estimate of drug-likeness (QED) is 0.423. The first-order chi connectivity index (χ1) is 9.64. The van der Waals surface area contributed by atoms with E-state index in [1.165, 1.54) is 0 Å². The van der Waals surface area contributed by atoms with Gasteiger partial charge in [0.15, 0.2) is 0 Å². The molecule has 0 unspecified atom stereocenters. The highest BCUT2D eigenvalue weighted by Gasteiger charge is 2.44. The molecular formula is C13H21Cl2NO4. The van der Waals surface area contributed by atoms with E-state index in [9.17, 15) is 9.59 Å². The monoisotopic (exact) mass is 325 g/mol. The zero-order chi connectivity index (χ0) is 14.8. The van der Waals surface area contributed by atoms with Crippen molar-refractivity contribution in [1.29, 1.82) is 0 Å². The molecule has 0 aromatic heterocycles. The lowest BCUT2D eigenvalue weighted by molar-refractivity contribution is -0.151.